The summed E-state index contributed by atoms with van der Waals surface area (Å²) in [4.78, 5) is 33.8. The van der Waals surface area contributed by atoms with Gasteiger partial charge >= 0.3 is 0 Å². The van der Waals surface area contributed by atoms with Gasteiger partial charge in [-0.25, -0.2) is 4.39 Å². The average molecular weight is 525 g/mol. The third-order valence-electron chi connectivity index (χ3n) is 7.28. The van der Waals surface area contributed by atoms with Crippen LogP contribution in [0, 0.1) is 5.82 Å². The van der Waals surface area contributed by atoms with E-state index in [-0.39, 0.29) is 23.9 Å². The van der Waals surface area contributed by atoms with Crippen molar-refractivity contribution in [1.82, 2.24) is 25.0 Å². The summed E-state index contributed by atoms with van der Waals surface area (Å²) in [6, 6.07) is 14.5. The molecule has 1 amide bonds. The molecule has 3 heterocycles. The van der Waals surface area contributed by atoms with Crippen LogP contribution in [0.5, 0.6) is 0 Å². The lowest BCUT2D eigenvalue weighted by atomic mass is 9.98. The number of aromatic amines is 1. The maximum Gasteiger partial charge on any atom is 0.258 e. The first-order valence-electron chi connectivity index (χ1n) is 13.0. The number of nitrogens with one attached hydrogen (secondary N) is 2. The van der Waals surface area contributed by atoms with Crippen LogP contribution < -0.4 is 10.2 Å². The van der Waals surface area contributed by atoms with Crippen LogP contribution in [0.25, 0.3) is 16.5 Å². The number of fused-ring (bicyclic) bond motifs is 1. The fourth-order valence-electron chi connectivity index (χ4n) is 5.00. The maximum atomic E-state index is 13.2. The maximum absolute atomic E-state index is 13.2. The van der Waals surface area contributed by atoms with Gasteiger partial charge in [-0.3, -0.25) is 14.3 Å². The van der Waals surface area contributed by atoms with E-state index in [1.165, 1.54) is 24.0 Å². The van der Waals surface area contributed by atoms with Gasteiger partial charge in [0.2, 0.25) is 0 Å². The molecule has 8 nitrogen and oxygen atoms in total. The van der Waals surface area contributed by atoms with Gasteiger partial charge in [-0.15, -0.1) is 0 Å². The third kappa shape index (κ3) is 5.39. The molecule has 198 valence electrons. The van der Waals surface area contributed by atoms with Crippen molar-refractivity contribution in [2.24, 2.45) is 0 Å². The molecule has 2 aromatic carbocycles. The second-order valence-electron chi connectivity index (χ2n) is 10.1. The zero-order valence-electron chi connectivity index (χ0n) is 21.7. The number of hydrogen-bond donors (Lipinski definition) is 2. The van der Waals surface area contributed by atoms with Crippen molar-refractivity contribution in [1.29, 1.82) is 0 Å². The minimum absolute atomic E-state index is 0.00837. The van der Waals surface area contributed by atoms with E-state index in [1.54, 1.807) is 35.2 Å². The van der Waals surface area contributed by atoms with Crippen LogP contribution in [0.15, 0.2) is 78.8 Å². The molecule has 2 aliphatic rings. The highest BCUT2D eigenvalue weighted by Gasteiger charge is 2.21. The number of benzene rings is 2. The summed E-state index contributed by atoms with van der Waals surface area (Å²) in [5.41, 5.74) is 5.25. The van der Waals surface area contributed by atoms with Gasteiger partial charge in [-0.1, -0.05) is 18.2 Å². The number of piperazine rings is 1. The van der Waals surface area contributed by atoms with E-state index >= 15 is 0 Å². The molecule has 0 radical (unpaired) electrons. The van der Waals surface area contributed by atoms with Gasteiger partial charge in [-0.2, -0.15) is 5.10 Å². The molecule has 9 heteroatoms. The van der Waals surface area contributed by atoms with E-state index in [1.807, 2.05) is 6.07 Å². The highest BCUT2D eigenvalue weighted by atomic mass is 19.1. The van der Waals surface area contributed by atoms with Crippen LogP contribution in [-0.4, -0.2) is 64.6 Å². The first-order valence-corrected chi connectivity index (χ1v) is 13.0. The van der Waals surface area contributed by atoms with Gasteiger partial charge in [0.15, 0.2) is 5.78 Å². The number of aromatic nitrogens is 3. The summed E-state index contributed by atoms with van der Waals surface area (Å²) in [5.74, 6) is -0.621. The zero-order valence-corrected chi connectivity index (χ0v) is 21.7. The van der Waals surface area contributed by atoms with Crippen LogP contribution in [0.2, 0.25) is 0 Å². The number of amides is 1. The number of likely N-dealkylation sites (N-methyl/N-ethyl adjacent to an activating group) is 1. The first kappa shape index (κ1) is 24.8. The van der Waals surface area contributed by atoms with Gasteiger partial charge in [0.1, 0.15) is 5.82 Å². The smallest absolute Gasteiger partial charge is 0.258 e. The number of carbonyl (C=O) groups excluding carboxylic acids is 2. The monoisotopic (exact) mass is 524 g/mol. The van der Waals surface area contributed by atoms with Crippen molar-refractivity contribution in [2.75, 3.05) is 38.1 Å². The number of nitrogens with zero attached hydrogens (tertiary/aromatic N) is 4. The summed E-state index contributed by atoms with van der Waals surface area (Å²) in [7, 11) is 2.14. The Labute approximate surface area is 225 Å². The lowest BCUT2D eigenvalue weighted by Crippen LogP contribution is -2.44. The number of ketones is 1. The van der Waals surface area contributed by atoms with E-state index in [2.05, 4.69) is 50.4 Å². The number of Topliss-reactive ketones (excluding diaryl/α,β-unsaturated/α-hetero) is 1. The minimum Gasteiger partial charge on any atom is -0.369 e. The lowest BCUT2D eigenvalue weighted by Gasteiger charge is -2.34. The van der Waals surface area contributed by atoms with Crippen molar-refractivity contribution >= 4 is 33.9 Å². The molecule has 1 aliphatic heterocycles. The Morgan fingerprint density at radius 1 is 1.08 bits per heavy atom. The molecular weight excluding hydrogens is 495 g/mol. The van der Waals surface area contributed by atoms with Crippen LogP contribution in [-0.2, 0) is 11.3 Å². The Morgan fingerprint density at radius 2 is 1.87 bits per heavy atom. The molecule has 1 aliphatic carbocycles. The van der Waals surface area contributed by atoms with Crippen LogP contribution >= 0.6 is 0 Å². The fraction of sp³-hybridized carbons (Fsp3) is 0.233. The Balaban J connectivity index is 1.16. The number of H-pyrrole nitrogens is 1. The van der Waals surface area contributed by atoms with E-state index in [0.29, 0.717) is 23.4 Å². The molecule has 39 heavy (non-hydrogen) atoms. The number of rotatable bonds is 6. The average Bonchev–Trinajstić information content (AvgIpc) is 3.58. The molecule has 2 aromatic heterocycles. The second-order valence-corrected chi connectivity index (χ2v) is 10.1. The van der Waals surface area contributed by atoms with E-state index in [9.17, 15) is 14.0 Å². The van der Waals surface area contributed by atoms with Crippen molar-refractivity contribution in [3.05, 3.63) is 101 Å². The van der Waals surface area contributed by atoms with Crippen molar-refractivity contribution in [3.63, 3.8) is 0 Å². The van der Waals surface area contributed by atoms with Gasteiger partial charge < -0.3 is 20.1 Å². The van der Waals surface area contributed by atoms with Crippen LogP contribution in [0.3, 0.4) is 0 Å². The second kappa shape index (κ2) is 10.3. The Bertz CT molecular complexity index is 1610. The Morgan fingerprint density at radius 3 is 2.67 bits per heavy atom. The Hall–Kier alpha value is -4.50. The topological polar surface area (TPSA) is 86.3 Å². The van der Waals surface area contributed by atoms with Crippen LogP contribution in [0.1, 0.15) is 28.0 Å². The number of hydrogen-bond acceptors (Lipinski definition) is 5. The molecule has 0 atom stereocenters. The van der Waals surface area contributed by atoms with Gasteiger partial charge in [0, 0.05) is 66.7 Å². The lowest BCUT2D eigenvalue weighted by molar-refractivity contribution is -0.113. The molecule has 0 saturated carbocycles. The summed E-state index contributed by atoms with van der Waals surface area (Å²) >= 11 is 0. The predicted molar refractivity (Wildman–Crippen MR) is 149 cm³/mol. The summed E-state index contributed by atoms with van der Waals surface area (Å²) in [5, 5.41) is 8.19. The molecule has 0 bridgehead atoms. The molecule has 2 N–H and O–H groups in total. The third-order valence-corrected chi connectivity index (χ3v) is 7.28. The zero-order chi connectivity index (χ0) is 26.9. The SMILES string of the molecule is CN1CCN(c2ccc3[nH]c(C4=CC(NC(=O)c5cnn(Cc6ccc(F)cc6)c5)=CCC4=O)cc3c2)CC1. The molecule has 0 spiro atoms. The van der Waals surface area contributed by atoms with E-state index in [4.69, 9.17) is 0 Å². The quantitative estimate of drug-likeness (QED) is 0.399. The van der Waals surface area contributed by atoms with Crippen LogP contribution in [0.4, 0.5) is 10.1 Å². The Kier molecular flexibility index (Phi) is 6.58. The van der Waals surface area contributed by atoms with Gasteiger partial charge in [0.25, 0.3) is 5.91 Å². The van der Waals surface area contributed by atoms with Gasteiger partial charge in [-0.05, 0) is 55.1 Å². The highest BCUT2D eigenvalue weighted by molar-refractivity contribution is 6.23. The largest absolute Gasteiger partial charge is 0.369 e. The summed E-state index contributed by atoms with van der Waals surface area (Å²) in [6.45, 7) is 4.47. The molecule has 6 rings (SSSR count). The number of anilines is 1. The fourth-order valence-corrected chi connectivity index (χ4v) is 5.00. The minimum atomic E-state index is -0.315. The summed E-state index contributed by atoms with van der Waals surface area (Å²) < 4.78 is 14.8. The number of carbonyl (C=O) groups is 2. The molecule has 4 aromatic rings. The first-order chi connectivity index (χ1) is 18.9. The summed E-state index contributed by atoms with van der Waals surface area (Å²) in [6.07, 6.45) is 6.79. The predicted octanol–water partition coefficient (Wildman–Crippen LogP) is 3.97. The molecule has 1 fully saturated rings. The van der Waals surface area contributed by atoms with Crippen molar-refractivity contribution in [3.8, 4) is 0 Å². The van der Waals surface area contributed by atoms with Crippen molar-refractivity contribution < 1.29 is 14.0 Å². The van der Waals surface area contributed by atoms with Crippen molar-refractivity contribution in [2.45, 2.75) is 13.0 Å². The molecule has 0 unspecified atom stereocenters. The molecule has 1 saturated heterocycles. The van der Waals surface area contributed by atoms with E-state index < -0.39 is 0 Å². The standard InChI is InChI=1S/C30H29FN6O2/c1-35-10-12-36(13-11-35)25-7-8-27-21(14-25)15-28(34-27)26-16-24(6-9-29(26)38)33-30(39)22-17-32-37(19-22)18-20-2-4-23(31)5-3-20/h2-8,14-17,19,34H,9-13,18H2,1H3,(H,33,39). The number of halogens is 1. The normalized spacial score (nSPS) is 16.4. The van der Waals surface area contributed by atoms with Gasteiger partial charge in [0.05, 0.1) is 24.0 Å². The number of allylic oxidation sites excluding steroid dienone is 3. The van der Waals surface area contributed by atoms with E-state index in [0.717, 1.165) is 48.3 Å². The molecular formula is C30H29FN6O2. The highest BCUT2D eigenvalue weighted by Crippen LogP contribution is 2.29.